The van der Waals surface area contributed by atoms with Crippen LogP contribution in [0.3, 0.4) is 0 Å². The van der Waals surface area contributed by atoms with Gasteiger partial charge in [0.15, 0.2) is 0 Å². The normalized spacial score (nSPS) is 12.8. The van der Waals surface area contributed by atoms with Crippen LogP contribution in [0.5, 0.6) is 5.75 Å². The molecule has 3 nitrogen and oxygen atoms in total. The fourth-order valence-corrected chi connectivity index (χ4v) is 26.0. The third-order valence-electron chi connectivity index (χ3n) is 8.95. The molecule has 0 saturated heterocycles. The first kappa shape index (κ1) is 32.7. The van der Waals surface area contributed by atoms with Gasteiger partial charge in [0.1, 0.15) is 0 Å². The summed E-state index contributed by atoms with van der Waals surface area (Å²) in [6.45, 7) is 24.6. The number of hydrogen-bond acceptors (Lipinski definition) is 3. The van der Waals surface area contributed by atoms with Gasteiger partial charge in [-0.2, -0.15) is 0 Å². The molecule has 1 amide bonds. The molecule has 0 aliphatic carbocycles. The molecule has 0 saturated carbocycles. The fourth-order valence-electron chi connectivity index (χ4n) is 5.25. The number of unbranched alkanes of at least 4 members (excludes halogenated alkanes) is 3. The summed E-state index contributed by atoms with van der Waals surface area (Å²) >= 11 is -0.910. The first-order chi connectivity index (χ1) is 17.4. The van der Waals surface area contributed by atoms with Crippen LogP contribution >= 0.6 is 11.3 Å². The molecule has 0 aliphatic heterocycles. The van der Waals surface area contributed by atoms with E-state index in [-0.39, 0.29) is 11.1 Å². The Labute approximate surface area is 237 Å². The van der Waals surface area contributed by atoms with Gasteiger partial charge in [0, 0.05) is 0 Å². The van der Waals surface area contributed by atoms with Gasteiger partial charge in [0.2, 0.25) is 0 Å². The van der Waals surface area contributed by atoms with E-state index in [2.05, 4.69) is 72.8 Å². The first-order valence-corrected chi connectivity index (χ1v) is 26.3. The average Bonchev–Trinajstić information content (AvgIpc) is 3.30. The Balaban J connectivity index is 2.85. The Morgan fingerprint density at radius 2 is 1.43 bits per heavy atom. The number of hydrogen-bond donors (Lipinski definition) is 0. The van der Waals surface area contributed by atoms with Crippen LogP contribution in [-0.2, 0) is 0 Å². The second-order valence-corrected chi connectivity index (χ2v) is 32.3. The minimum atomic E-state index is -2.85. The van der Waals surface area contributed by atoms with E-state index in [0.717, 1.165) is 5.75 Å². The van der Waals surface area contributed by atoms with Crippen molar-refractivity contribution in [2.75, 3.05) is 13.1 Å². The van der Waals surface area contributed by atoms with Gasteiger partial charge in [0.25, 0.3) is 0 Å². The maximum absolute atomic E-state index is 13.4. The van der Waals surface area contributed by atoms with Gasteiger partial charge in [-0.25, -0.2) is 0 Å². The SMILES string of the molecule is CCC[CH2][Sn]([CH2]CCC)([CH2]CCC)[c]1ccc2sc([Si](C)(C)C(C)(C)C)cc2c1OC(=O)N(CC)CC. The molecule has 0 N–H and O–H groups in total. The summed E-state index contributed by atoms with van der Waals surface area (Å²) < 4.78 is 14.9. The molecule has 6 heteroatoms. The van der Waals surface area contributed by atoms with E-state index in [1.807, 2.05) is 30.1 Å². The molecule has 210 valence electrons. The van der Waals surface area contributed by atoms with Crippen LogP contribution in [0, 0.1) is 0 Å². The number of carbonyl (C=O) groups excluding carboxylic acids is 1. The van der Waals surface area contributed by atoms with Gasteiger partial charge in [0.05, 0.1) is 0 Å². The number of carbonyl (C=O) groups is 1. The summed E-state index contributed by atoms with van der Waals surface area (Å²) in [6, 6.07) is 7.24. The van der Waals surface area contributed by atoms with Crippen LogP contribution in [0.15, 0.2) is 18.2 Å². The van der Waals surface area contributed by atoms with Crippen molar-refractivity contribution in [1.82, 2.24) is 4.90 Å². The molecule has 1 aromatic carbocycles. The van der Waals surface area contributed by atoms with E-state index >= 15 is 0 Å². The number of ether oxygens (including phenoxy) is 1. The van der Waals surface area contributed by atoms with Crippen molar-refractivity contribution in [2.45, 2.75) is 125 Å². The van der Waals surface area contributed by atoms with Gasteiger partial charge in [-0.3, -0.25) is 0 Å². The Kier molecular flexibility index (Phi) is 12.5. The van der Waals surface area contributed by atoms with Crippen molar-refractivity contribution in [3.05, 3.63) is 18.2 Å². The third-order valence-corrected chi connectivity index (χ3v) is 32.4. The molecule has 0 unspecified atom stereocenters. The van der Waals surface area contributed by atoms with Crippen LogP contribution in [0.2, 0.25) is 31.4 Å². The van der Waals surface area contributed by atoms with Crippen LogP contribution < -0.4 is 12.8 Å². The first-order valence-electron chi connectivity index (χ1n) is 15.0. The zero-order valence-electron chi connectivity index (χ0n) is 25.7. The molecule has 2 rings (SSSR count). The molecule has 1 aromatic heterocycles. The quantitative estimate of drug-likeness (QED) is 0.190. The molecule has 0 bridgehead atoms. The van der Waals surface area contributed by atoms with E-state index in [9.17, 15) is 4.79 Å². The van der Waals surface area contributed by atoms with Crippen molar-refractivity contribution in [1.29, 1.82) is 0 Å². The van der Waals surface area contributed by atoms with Crippen LogP contribution in [0.4, 0.5) is 4.79 Å². The molecule has 0 fully saturated rings. The number of benzene rings is 1. The van der Waals surface area contributed by atoms with E-state index in [4.69, 9.17) is 4.74 Å². The van der Waals surface area contributed by atoms with Crippen molar-refractivity contribution < 1.29 is 9.53 Å². The maximum atomic E-state index is 13.4. The number of amides is 1. The van der Waals surface area contributed by atoms with E-state index < -0.39 is 26.5 Å². The summed E-state index contributed by atoms with van der Waals surface area (Å²) in [7, 11) is -1.70. The van der Waals surface area contributed by atoms with Gasteiger partial charge < -0.3 is 0 Å². The molecule has 0 radical (unpaired) electrons. The Morgan fingerprint density at radius 1 is 0.919 bits per heavy atom. The Hall–Kier alpha value is -0.534. The van der Waals surface area contributed by atoms with Crippen molar-refractivity contribution in [3.8, 4) is 5.75 Å². The van der Waals surface area contributed by atoms with E-state index in [1.54, 1.807) is 0 Å². The molecule has 2 aromatic rings. The predicted octanol–water partition coefficient (Wildman–Crippen LogP) is 9.51. The average molecular weight is 653 g/mol. The zero-order valence-corrected chi connectivity index (χ0v) is 30.4. The van der Waals surface area contributed by atoms with Gasteiger partial charge >= 0.3 is 239 Å². The molecular weight excluding hydrogens is 597 g/mol. The second-order valence-electron chi connectivity index (χ2n) is 12.5. The number of fused-ring (bicyclic) bond motifs is 1. The molecular formula is C31H55NO2SSiSn. The summed E-state index contributed by atoms with van der Waals surface area (Å²) in [5.74, 6) is 0.940. The standard InChI is InChI=1S/C19H28NO2SSi.3C4H9.Sn/c1-8-20(9-2)18(21)22-15-11-10-12-16-14(15)13-17(23-16)24(6,7)19(3,4)5;3*1-3-4-2;/h10,12-13H,8-9H2,1-7H3;3*1,3-4H2,2H3;. The number of nitrogens with zero attached hydrogens (tertiary/aromatic N) is 1. The van der Waals surface area contributed by atoms with E-state index in [0.29, 0.717) is 13.1 Å². The fraction of sp³-hybridized carbons (Fsp3) is 0.710. The molecule has 0 spiro atoms. The Morgan fingerprint density at radius 3 is 1.86 bits per heavy atom. The number of rotatable bonds is 14. The molecule has 37 heavy (non-hydrogen) atoms. The van der Waals surface area contributed by atoms with Gasteiger partial charge in [-0.05, 0) is 0 Å². The van der Waals surface area contributed by atoms with Gasteiger partial charge in [-0.1, -0.05) is 0 Å². The summed E-state index contributed by atoms with van der Waals surface area (Å²) in [4.78, 5) is 15.3. The van der Waals surface area contributed by atoms with Crippen LogP contribution in [0.25, 0.3) is 10.1 Å². The summed E-state index contributed by atoms with van der Waals surface area (Å²) in [5, 5.41) is 1.47. The minimum absolute atomic E-state index is 0.180. The monoisotopic (exact) mass is 653 g/mol. The molecule has 1 heterocycles. The predicted molar refractivity (Wildman–Crippen MR) is 172 cm³/mol. The van der Waals surface area contributed by atoms with Crippen molar-refractivity contribution >= 4 is 62.0 Å². The van der Waals surface area contributed by atoms with Crippen molar-refractivity contribution in [3.63, 3.8) is 0 Å². The van der Waals surface area contributed by atoms with Gasteiger partial charge in [-0.15, -0.1) is 0 Å². The van der Waals surface area contributed by atoms with E-state index in [1.165, 1.54) is 70.0 Å². The summed E-state index contributed by atoms with van der Waals surface area (Å²) in [5.41, 5.74) is 0. The molecule has 0 aliphatic rings. The summed E-state index contributed by atoms with van der Waals surface area (Å²) in [6.07, 6.45) is 7.42. The van der Waals surface area contributed by atoms with Crippen LogP contribution in [0.1, 0.15) is 93.9 Å². The topological polar surface area (TPSA) is 29.5 Å². The Bertz CT molecular complexity index is 985. The zero-order chi connectivity index (χ0) is 27.9. The van der Waals surface area contributed by atoms with Crippen molar-refractivity contribution in [2.24, 2.45) is 0 Å². The number of thiophene rings is 1. The third kappa shape index (κ3) is 7.56. The molecule has 0 atom stereocenters. The van der Waals surface area contributed by atoms with Crippen LogP contribution in [-0.4, -0.2) is 50.5 Å². The second kappa shape index (κ2) is 14.2.